The van der Waals surface area contributed by atoms with Crippen molar-refractivity contribution in [3.63, 3.8) is 0 Å². The quantitative estimate of drug-likeness (QED) is 0.764. The Morgan fingerprint density at radius 3 is 2.71 bits per heavy atom. The fraction of sp³-hybridized carbons (Fsp3) is 0.333. The van der Waals surface area contributed by atoms with Crippen molar-refractivity contribution in [2.75, 3.05) is 13.2 Å². The average molecular weight is 291 g/mol. The number of carboxylic acid groups (broad SMARTS) is 1. The van der Waals surface area contributed by atoms with Gasteiger partial charge in [-0.25, -0.2) is 4.79 Å². The molecule has 0 aliphatic heterocycles. The monoisotopic (exact) mass is 291 g/mol. The van der Waals surface area contributed by atoms with E-state index >= 15 is 0 Å². The molecule has 0 fully saturated rings. The minimum Gasteiger partial charge on any atom is -0.490 e. The molecule has 1 heterocycles. The van der Waals surface area contributed by atoms with Crippen LogP contribution >= 0.6 is 0 Å². The first-order chi connectivity index (χ1) is 9.99. The minimum absolute atomic E-state index is 0.0169. The summed E-state index contributed by atoms with van der Waals surface area (Å²) >= 11 is 0. The molecule has 6 nitrogen and oxygen atoms in total. The van der Waals surface area contributed by atoms with Gasteiger partial charge in [-0.05, 0) is 26.0 Å². The number of aliphatic carboxylic acids is 1. The van der Waals surface area contributed by atoms with E-state index in [1.165, 1.54) is 0 Å². The Morgan fingerprint density at radius 1 is 1.29 bits per heavy atom. The summed E-state index contributed by atoms with van der Waals surface area (Å²) < 4.78 is 10.6. The molecule has 1 aromatic heterocycles. The predicted molar refractivity (Wildman–Crippen MR) is 76.8 cm³/mol. The number of rotatable bonds is 7. The summed E-state index contributed by atoms with van der Waals surface area (Å²) in [6.45, 7) is 3.03. The molecule has 2 aromatic rings. The van der Waals surface area contributed by atoms with Crippen LogP contribution in [0.15, 0.2) is 24.4 Å². The van der Waals surface area contributed by atoms with Crippen molar-refractivity contribution in [1.29, 1.82) is 0 Å². The zero-order chi connectivity index (χ0) is 15.4. The Labute approximate surface area is 121 Å². The van der Waals surface area contributed by atoms with Gasteiger partial charge in [-0.1, -0.05) is 6.07 Å². The van der Waals surface area contributed by atoms with E-state index in [2.05, 4.69) is 4.98 Å². The van der Waals surface area contributed by atoms with Gasteiger partial charge in [0.25, 0.3) is 0 Å². The first-order valence-corrected chi connectivity index (χ1v) is 6.58. The Balaban J connectivity index is 2.27. The Morgan fingerprint density at radius 2 is 2.05 bits per heavy atom. The molecule has 0 amide bonds. The van der Waals surface area contributed by atoms with E-state index in [0.29, 0.717) is 16.7 Å². The van der Waals surface area contributed by atoms with Crippen molar-refractivity contribution in [3.8, 4) is 5.75 Å². The third-order valence-electron chi connectivity index (χ3n) is 2.79. The van der Waals surface area contributed by atoms with Crippen molar-refractivity contribution in [3.05, 3.63) is 30.0 Å². The number of H-pyrrole nitrogens is 1. The molecule has 0 bridgehead atoms. The molecule has 0 spiro atoms. The molecule has 0 radical (unpaired) electrons. The lowest BCUT2D eigenvalue weighted by molar-refractivity contribution is -0.141. The lowest BCUT2D eigenvalue weighted by Gasteiger charge is -2.11. The first-order valence-electron chi connectivity index (χ1n) is 6.58. The number of aromatic nitrogens is 1. The number of hydrogen-bond donors (Lipinski definition) is 2. The van der Waals surface area contributed by atoms with Crippen LogP contribution in [0.2, 0.25) is 0 Å². The third-order valence-corrected chi connectivity index (χ3v) is 2.79. The summed E-state index contributed by atoms with van der Waals surface area (Å²) in [5.41, 5.74) is 1.22. The lowest BCUT2D eigenvalue weighted by atomic mass is 10.1. The Hall–Kier alpha value is -2.34. The fourth-order valence-corrected chi connectivity index (χ4v) is 2.03. The molecular weight excluding hydrogens is 274 g/mol. The number of nitrogens with one attached hydrogen (secondary N) is 1. The van der Waals surface area contributed by atoms with E-state index in [-0.39, 0.29) is 18.5 Å². The van der Waals surface area contributed by atoms with Gasteiger partial charge in [0.2, 0.25) is 0 Å². The van der Waals surface area contributed by atoms with Crippen LogP contribution in [0.25, 0.3) is 10.9 Å². The van der Waals surface area contributed by atoms with Gasteiger partial charge >= 0.3 is 5.97 Å². The zero-order valence-electron chi connectivity index (χ0n) is 11.9. The molecule has 0 atom stereocenters. The molecule has 2 N–H and O–H groups in total. The number of carboxylic acids is 1. The average Bonchev–Trinajstić information content (AvgIpc) is 2.82. The van der Waals surface area contributed by atoms with Gasteiger partial charge in [0, 0.05) is 17.3 Å². The first kappa shape index (κ1) is 15.1. The molecule has 1 aromatic carbocycles. The molecule has 0 aliphatic rings. The van der Waals surface area contributed by atoms with Gasteiger partial charge in [-0.2, -0.15) is 0 Å². The Kier molecular flexibility index (Phi) is 4.59. The molecule has 6 heteroatoms. The molecule has 2 rings (SSSR count). The van der Waals surface area contributed by atoms with Gasteiger partial charge in [0.05, 0.1) is 11.5 Å². The van der Waals surface area contributed by atoms with Gasteiger partial charge < -0.3 is 19.6 Å². The number of aromatic amines is 1. The largest absolute Gasteiger partial charge is 0.490 e. The SMILES string of the molecule is CC(C)Oc1cccc2[nH]cc(C(=O)COCC(=O)O)c12. The molecule has 0 unspecified atom stereocenters. The van der Waals surface area contributed by atoms with E-state index in [4.69, 9.17) is 14.6 Å². The number of fused-ring (bicyclic) bond motifs is 1. The zero-order valence-corrected chi connectivity index (χ0v) is 11.9. The smallest absolute Gasteiger partial charge is 0.329 e. The highest BCUT2D eigenvalue weighted by molar-refractivity contribution is 6.10. The highest BCUT2D eigenvalue weighted by Gasteiger charge is 2.17. The maximum absolute atomic E-state index is 12.1. The van der Waals surface area contributed by atoms with Gasteiger partial charge in [-0.15, -0.1) is 0 Å². The normalized spacial score (nSPS) is 11.0. The summed E-state index contributed by atoms with van der Waals surface area (Å²) in [6.07, 6.45) is 1.57. The molecule has 0 saturated heterocycles. The van der Waals surface area contributed by atoms with Crippen LogP contribution in [-0.4, -0.2) is 41.2 Å². The summed E-state index contributed by atoms with van der Waals surface area (Å²) in [5.74, 6) is -0.779. The van der Waals surface area contributed by atoms with Crippen molar-refractivity contribution >= 4 is 22.7 Å². The third kappa shape index (κ3) is 3.61. The number of hydrogen-bond acceptors (Lipinski definition) is 4. The molecular formula is C15H17NO5. The van der Waals surface area contributed by atoms with E-state index in [0.717, 1.165) is 5.52 Å². The van der Waals surface area contributed by atoms with Crippen LogP contribution in [0.3, 0.4) is 0 Å². The summed E-state index contributed by atoms with van der Waals surface area (Å²) in [5, 5.41) is 9.20. The van der Waals surface area contributed by atoms with Crippen molar-refractivity contribution in [1.82, 2.24) is 4.98 Å². The minimum atomic E-state index is -1.11. The van der Waals surface area contributed by atoms with Crippen LogP contribution in [-0.2, 0) is 9.53 Å². The van der Waals surface area contributed by atoms with Crippen LogP contribution in [0.1, 0.15) is 24.2 Å². The maximum atomic E-state index is 12.1. The number of carbonyl (C=O) groups excluding carboxylic acids is 1. The van der Waals surface area contributed by atoms with E-state index < -0.39 is 12.6 Å². The van der Waals surface area contributed by atoms with Crippen LogP contribution in [0.5, 0.6) is 5.75 Å². The van der Waals surface area contributed by atoms with Crippen molar-refractivity contribution in [2.45, 2.75) is 20.0 Å². The Bertz CT molecular complexity index is 659. The highest BCUT2D eigenvalue weighted by atomic mass is 16.5. The van der Waals surface area contributed by atoms with E-state index in [1.54, 1.807) is 12.3 Å². The topological polar surface area (TPSA) is 88.6 Å². The van der Waals surface area contributed by atoms with E-state index in [9.17, 15) is 9.59 Å². The highest BCUT2D eigenvalue weighted by Crippen LogP contribution is 2.29. The van der Waals surface area contributed by atoms with Crippen molar-refractivity contribution in [2.24, 2.45) is 0 Å². The summed E-state index contributed by atoms with van der Waals surface area (Å²) in [4.78, 5) is 25.5. The standard InChI is InChI=1S/C15H17NO5/c1-9(2)21-13-5-3-4-11-15(13)10(6-16-11)12(17)7-20-8-14(18)19/h3-6,9,16H,7-8H2,1-2H3,(H,18,19). The number of ether oxygens (including phenoxy) is 2. The summed E-state index contributed by atoms with van der Waals surface area (Å²) in [6, 6.07) is 5.48. The van der Waals surface area contributed by atoms with Crippen LogP contribution in [0.4, 0.5) is 0 Å². The van der Waals surface area contributed by atoms with Gasteiger partial charge in [0.1, 0.15) is 19.0 Å². The fourth-order valence-electron chi connectivity index (χ4n) is 2.03. The lowest BCUT2D eigenvalue weighted by Crippen LogP contribution is -2.14. The molecule has 0 aliphatic carbocycles. The second-order valence-electron chi connectivity index (χ2n) is 4.86. The number of benzene rings is 1. The summed E-state index contributed by atoms with van der Waals surface area (Å²) in [7, 11) is 0. The predicted octanol–water partition coefficient (Wildman–Crippen LogP) is 2.24. The molecule has 0 saturated carbocycles. The van der Waals surface area contributed by atoms with Crippen LogP contribution < -0.4 is 4.74 Å². The van der Waals surface area contributed by atoms with Crippen molar-refractivity contribution < 1.29 is 24.2 Å². The second kappa shape index (κ2) is 6.41. The van der Waals surface area contributed by atoms with E-state index in [1.807, 2.05) is 26.0 Å². The molecule has 112 valence electrons. The van der Waals surface area contributed by atoms with Gasteiger partial charge in [-0.3, -0.25) is 4.79 Å². The second-order valence-corrected chi connectivity index (χ2v) is 4.86. The number of Topliss-reactive ketones (excluding diaryl/α,β-unsaturated/α-hetero) is 1. The van der Waals surface area contributed by atoms with Gasteiger partial charge in [0.15, 0.2) is 5.78 Å². The molecule has 21 heavy (non-hydrogen) atoms. The number of carbonyl (C=O) groups is 2. The maximum Gasteiger partial charge on any atom is 0.329 e. The van der Waals surface area contributed by atoms with Crippen LogP contribution in [0, 0.1) is 0 Å². The number of ketones is 1.